The molecule has 3 heteroatoms. The lowest BCUT2D eigenvalue weighted by atomic mass is 9.94. The maximum Gasteiger partial charge on any atom is 0.123 e. The van der Waals surface area contributed by atoms with E-state index in [4.69, 9.17) is 4.74 Å². The van der Waals surface area contributed by atoms with Gasteiger partial charge in [-0.3, -0.25) is 0 Å². The van der Waals surface area contributed by atoms with Crippen LogP contribution in [0, 0.1) is 11.7 Å². The van der Waals surface area contributed by atoms with Crippen molar-refractivity contribution in [1.29, 1.82) is 0 Å². The molecule has 2 atom stereocenters. The molecule has 1 N–H and O–H groups in total. The lowest BCUT2D eigenvalue weighted by Crippen LogP contribution is -2.19. The van der Waals surface area contributed by atoms with Gasteiger partial charge in [-0.2, -0.15) is 0 Å². The van der Waals surface area contributed by atoms with Gasteiger partial charge >= 0.3 is 0 Å². The normalized spacial score (nSPS) is 14.4. The summed E-state index contributed by atoms with van der Waals surface area (Å²) in [7, 11) is 3.52. The molecule has 0 amide bonds. The Labute approximate surface area is 103 Å². The highest BCUT2D eigenvalue weighted by Crippen LogP contribution is 2.30. The Bertz CT molecular complexity index is 354. The molecule has 0 saturated heterocycles. The molecule has 96 valence electrons. The zero-order valence-electron chi connectivity index (χ0n) is 11.1. The highest BCUT2D eigenvalue weighted by Gasteiger charge is 2.17. The smallest absolute Gasteiger partial charge is 0.123 e. The second kappa shape index (κ2) is 6.60. The Morgan fingerprint density at radius 3 is 2.65 bits per heavy atom. The Hall–Kier alpha value is -1.09. The van der Waals surface area contributed by atoms with Gasteiger partial charge in [-0.1, -0.05) is 20.3 Å². The van der Waals surface area contributed by atoms with Crippen LogP contribution < -0.4 is 10.1 Å². The Balaban J connectivity index is 2.97. The van der Waals surface area contributed by atoms with Gasteiger partial charge < -0.3 is 10.1 Å². The number of benzene rings is 1. The molecular weight excluding hydrogens is 217 g/mol. The van der Waals surface area contributed by atoms with E-state index >= 15 is 0 Å². The van der Waals surface area contributed by atoms with Crippen LogP contribution in [0.5, 0.6) is 5.75 Å². The van der Waals surface area contributed by atoms with E-state index in [9.17, 15) is 4.39 Å². The first-order valence-electron chi connectivity index (χ1n) is 6.13. The van der Waals surface area contributed by atoms with Gasteiger partial charge in [-0.25, -0.2) is 4.39 Å². The summed E-state index contributed by atoms with van der Waals surface area (Å²) in [5.74, 6) is 1.12. The van der Waals surface area contributed by atoms with Gasteiger partial charge in [0.1, 0.15) is 11.6 Å². The van der Waals surface area contributed by atoms with E-state index in [1.807, 2.05) is 7.05 Å². The number of nitrogens with one attached hydrogen (secondary N) is 1. The zero-order chi connectivity index (χ0) is 12.8. The van der Waals surface area contributed by atoms with Crippen LogP contribution in [0.15, 0.2) is 18.2 Å². The van der Waals surface area contributed by atoms with Gasteiger partial charge in [0.15, 0.2) is 0 Å². The van der Waals surface area contributed by atoms with E-state index in [1.54, 1.807) is 19.2 Å². The number of halogens is 1. The van der Waals surface area contributed by atoms with Gasteiger partial charge in [0, 0.05) is 11.6 Å². The third-order valence-electron chi connectivity index (χ3n) is 3.25. The van der Waals surface area contributed by atoms with Crippen LogP contribution in [0.3, 0.4) is 0 Å². The Kier molecular flexibility index (Phi) is 5.42. The summed E-state index contributed by atoms with van der Waals surface area (Å²) in [5, 5.41) is 3.24. The van der Waals surface area contributed by atoms with Crippen LogP contribution in [0.4, 0.5) is 4.39 Å². The fourth-order valence-electron chi connectivity index (χ4n) is 1.95. The van der Waals surface area contributed by atoms with E-state index in [-0.39, 0.29) is 11.9 Å². The van der Waals surface area contributed by atoms with Crippen LogP contribution >= 0.6 is 0 Å². The van der Waals surface area contributed by atoms with E-state index in [0.717, 1.165) is 24.2 Å². The summed E-state index contributed by atoms with van der Waals surface area (Å²) >= 11 is 0. The molecule has 1 aromatic carbocycles. The van der Waals surface area contributed by atoms with Crippen molar-refractivity contribution >= 4 is 0 Å². The van der Waals surface area contributed by atoms with Crippen LogP contribution in [-0.4, -0.2) is 14.2 Å². The molecular formula is C14H22FNO. The van der Waals surface area contributed by atoms with Gasteiger partial charge in [0.25, 0.3) is 0 Å². The summed E-state index contributed by atoms with van der Waals surface area (Å²) < 4.78 is 18.6. The van der Waals surface area contributed by atoms with Crippen molar-refractivity contribution < 1.29 is 9.13 Å². The van der Waals surface area contributed by atoms with Crippen molar-refractivity contribution in [3.05, 3.63) is 29.6 Å². The molecule has 0 radical (unpaired) electrons. The molecule has 0 fully saturated rings. The molecule has 0 aromatic heterocycles. The number of hydrogen-bond acceptors (Lipinski definition) is 2. The number of rotatable bonds is 6. The zero-order valence-corrected chi connectivity index (χ0v) is 11.1. The second-order valence-electron chi connectivity index (χ2n) is 4.48. The van der Waals surface area contributed by atoms with Crippen molar-refractivity contribution in [2.75, 3.05) is 14.2 Å². The molecule has 0 aliphatic rings. The Morgan fingerprint density at radius 1 is 1.41 bits per heavy atom. The molecule has 2 unspecified atom stereocenters. The SMILES string of the molecule is CCC(C)CC(NC)c1cc(F)ccc1OC. The van der Waals surface area contributed by atoms with Gasteiger partial charge in [0.05, 0.1) is 7.11 Å². The second-order valence-corrected chi connectivity index (χ2v) is 4.48. The summed E-state index contributed by atoms with van der Waals surface area (Å²) in [6, 6.07) is 4.81. The fourth-order valence-corrected chi connectivity index (χ4v) is 1.95. The summed E-state index contributed by atoms with van der Waals surface area (Å²) in [6.07, 6.45) is 2.10. The maximum atomic E-state index is 13.3. The first-order chi connectivity index (χ1) is 8.12. The first kappa shape index (κ1) is 14.0. The minimum absolute atomic E-state index is 0.135. The molecule has 2 nitrogen and oxygen atoms in total. The summed E-state index contributed by atoms with van der Waals surface area (Å²) in [5.41, 5.74) is 0.898. The van der Waals surface area contributed by atoms with Gasteiger partial charge in [-0.05, 0) is 37.6 Å². The predicted molar refractivity (Wildman–Crippen MR) is 68.8 cm³/mol. The summed E-state index contributed by atoms with van der Waals surface area (Å²) in [4.78, 5) is 0. The van der Waals surface area contributed by atoms with Gasteiger partial charge in [0.2, 0.25) is 0 Å². The van der Waals surface area contributed by atoms with Crippen molar-refractivity contribution in [2.24, 2.45) is 5.92 Å². The molecule has 0 spiro atoms. The van der Waals surface area contributed by atoms with E-state index in [0.29, 0.717) is 5.92 Å². The van der Waals surface area contributed by atoms with Crippen molar-refractivity contribution in [3.8, 4) is 5.75 Å². The molecule has 0 heterocycles. The Morgan fingerprint density at radius 2 is 2.12 bits per heavy atom. The highest BCUT2D eigenvalue weighted by atomic mass is 19.1. The van der Waals surface area contributed by atoms with Crippen molar-refractivity contribution in [1.82, 2.24) is 5.32 Å². The van der Waals surface area contributed by atoms with Crippen LogP contribution in [-0.2, 0) is 0 Å². The van der Waals surface area contributed by atoms with E-state index in [2.05, 4.69) is 19.2 Å². The molecule has 0 aliphatic heterocycles. The largest absolute Gasteiger partial charge is 0.496 e. The van der Waals surface area contributed by atoms with Crippen LogP contribution in [0.2, 0.25) is 0 Å². The quantitative estimate of drug-likeness (QED) is 0.820. The van der Waals surface area contributed by atoms with E-state index in [1.165, 1.54) is 6.07 Å². The minimum Gasteiger partial charge on any atom is -0.496 e. The number of hydrogen-bond donors (Lipinski definition) is 1. The molecule has 1 rings (SSSR count). The number of ether oxygens (including phenoxy) is 1. The average Bonchev–Trinajstić information content (AvgIpc) is 2.35. The molecule has 17 heavy (non-hydrogen) atoms. The molecule has 1 aromatic rings. The van der Waals surface area contributed by atoms with Crippen LogP contribution in [0.1, 0.15) is 38.3 Å². The highest BCUT2D eigenvalue weighted by molar-refractivity contribution is 5.36. The average molecular weight is 239 g/mol. The standard InChI is InChI=1S/C14H22FNO/c1-5-10(2)8-13(16-3)12-9-11(15)6-7-14(12)17-4/h6-7,9-10,13,16H,5,8H2,1-4H3. The molecule has 0 saturated carbocycles. The lowest BCUT2D eigenvalue weighted by molar-refractivity contribution is 0.378. The number of methoxy groups -OCH3 is 1. The van der Waals surface area contributed by atoms with Crippen molar-refractivity contribution in [2.45, 2.75) is 32.7 Å². The minimum atomic E-state index is -0.217. The third-order valence-corrected chi connectivity index (χ3v) is 3.25. The monoisotopic (exact) mass is 239 g/mol. The summed E-state index contributed by atoms with van der Waals surface area (Å²) in [6.45, 7) is 4.37. The molecule has 0 bridgehead atoms. The predicted octanol–water partition coefficient (Wildman–Crippen LogP) is 3.53. The van der Waals surface area contributed by atoms with E-state index < -0.39 is 0 Å². The fraction of sp³-hybridized carbons (Fsp3) is 0.571. The maximum absolute atomic E-state index is 13.3. The van der Waals surface area contributed by atoms with Gasteiger partial charge in [-0.15, -0.1) is 0 Å². The van der Waals surface area contributed by atoms with Crippen LogP contribution in [0.25, 0.3) is 0 Å². The first-order valence-corrected chi connectivity index (χ1v) is 6.13. The van der Waals surface area contributed by atoms with Crippen molar-refractivity contribution in [3.63, 3.8) is 0 Å². The topological polar surface area (TPSA) is 21.3 Å². The molecule has 0 aliphatic carbocycles. The lowest BCUT2D eigenvalue weighted by Gasteiger charge is -2.22. The third kappa shape index (κ3) is 3.70.